The number of hydrogen-bond acceptors (Lipinski definition) is 6. The van der Waals surface area contributed by atoms with Crippen LogP contribution in [0.2, 0.25) is 0 Å². The first-order chi connectivity index (χ1) is 22.0. The van der Waals surface area contributed by atoms with Gasteiger partial charge in [0.15, 0.2) is 0 Å². The number of ether oxygens (including phenoxy) is 2. The molecule has 252 valence electrons. The fourth-order valence-electron chi connectivity index (χ4n) is 4.29. The van der Waals surface area contributed by atoms with E-state index in [0.29, 0.717) is 57.2 Å². The molecule has 2 heterocycles. The van der Waals surface area contributed by atoms with Crippen LogP contribution in [0.4, 0.5) is 50.9 Å². The summed E-state index contributed by atoms with van der Waals surface area (Å²) in [5.41, 5.74) is -5.59. The Hall–Kier alpha value is -4.64. The lowest BCUT2D eigenvalue weighted by molar-refractivity contribution is -0.141. The fourth-order valence-corrected chi connectivity index (χ4v) is 4.29. The highest BCUT2D eigenvalue weighted by Crippen LogP contribution is 2.38. The van der Waals surface area contributed by atoms with Gasteiger partial charge in [-0.15, -0.1) is 0 Å². The topological polar surface area (TPSA) is 92.8 Å². The molecule has 1 fully saturated rings. The molecule has 47 heavy (non-hydrogen) atoms. The van der Waals surface area contributed by atoms with Gasteiger partial charge >= 0.3 is 18.5 Å². The second-order valence-corrected chi connectivity index (χ2v) is 10.0. The van der Waals surface area contributed by atoms with Crippen LogP contribution in [0.5, 0.6) is 5.75 Å². The summed E-state index contributed by atoms with van der Waals surface area (Å²) in [4.78, 5) is 31.5. The molecule has 1 aromatic heterocycles. The summed E-state index contributed by atoms with van der Waals surface area (Å²) in [6.07, 6.45) is -13.1. The van der Waals surface area contributed by atoms with Crippen molar-refractivity contribution in [2.45, 2.75) is 18.5 Å². The molecule has 8 nitrogen and oxygen atoms in total. The molecule has 0 saturated carbocycles. The molecule has 1 aliphatic heterocycles. The van der Waals surface area contributed by atoms with Crippen LogP contribution in [0.25, 0.3) is 6.08 Å². The number of nitrogens with one attached hydrogen (secondary N) is 2. The maximum absolute atomic E-state index is 13.9. The van der Waals surface area contributed by atoms with E-state index in [0.717, 1.165) is 42.5 Å². The summed E-state index contributed by atoms with van der Waals surface area (Å²) >= 11 is 0. The van der Waals surface area contributed by atoms with E-state index >= 15 is 0 Å². The minimum Gasteiger partial charge on any atom is -0.492 e. The van der Waals surface area contributed by atoms with E-state index in [1.54, 1.807) is 0 Å². The van der Waals surface area contributed by atoms with E-state index < -0.39 is 69.9 Å². The van der Waals surface area contributed by atoms with Crippen LogP contribution in [0, 0.1) is 0 Å². The van der Waals surface area contributed by atoms with Crippen molar-refractivity contribution in [3.05, 3.63) is 88.8 Å². The number of anilines is 2. The van der Waals surface area contributed by atoms with E-state index in [-0.39, 0.29) is 12.2 Å². The van der Waals surface area contributed by atoms with Crippen LogP contribution in [0.15, 0.2) is 66.4 Å². The zero-order valence-corrected chi connectivity index (χ0v) is 24.0. The SMILES string of the molecule is O=C(Nc1cccc(C(F)(F)F)c1)C(=Cc1ccc(C(F)(F)F)nc1)C(=O)Nc1ccc(OCCN2CCOCC2)c(C(F)(F)F)c1. The molecule has 0 aliphatic carbocycles. The zero-order valence-electron chi connectivity index (χ0n) is 24.0. The molecule has 0 atom stereocenters. The highest BCUT2D eigenvalue weighted by Gasteiger charge is 2.36. The Morgan fingerprint density at radius 2 is 1.49 bits per heavy atom. The van der Waals surface area contributed by atoms with Gasteiger partial charge in [0, 0.05) is 37.2 Å². The average molecular weight is 677 g/mol. The Kier molecular flexibility index (Phi) is 10.8. The number of carbonyl (C=O) groups is 2. The number of amides is 2. The van der Waals surface area contributed by atoms with Crippen molar-refractivity contribution in [2.75, 3.05) is 50.1 Å². The number of benzene rings is 2. The number of rotatable bonds is 9. The normalized spacial score (nSPS) is 14.9. The van der Waals surface area contributed by atoms with Crippen molar-refractivity contribution in [1.29, 1.82) is 0 Å². The van der Waals surface area contributed by atoms with E-state index in [1.165, 1.54) is 0 Å². The van der Waals surface area contributed by atoms with Crippen LogP contribution in [-0.4, -0.2) is 61.2 Å². The van der Waals surface area contributed by atoms with Crippen molar-refractivity contribution in [3.63, 3.8) is 0 Å². The summed E-state index contributed by atoms with van der Waals surface area (Å²) in [6, 6.07) is 7.36. The molecule has 0 radical (unpaired) electrons. The van der Waals surface area contributed by atoms with Crippen LogP contribution in [0.3, 0.4) is 0 Å². The molecule has 0 unspecified atom stereocenters. The van der Waals surface area contributed by atoms with Gasteiger partial charge in [-0.1, -0.05) is 12.1 Å². The molecular formula is C30H25F9N4O4. The fraction of sp³-hybridized carbons (Fsp3) is 0.300. The summed E-state index contributed by atoms with van der Waals surface area (Å²) < 4.78 is 131. The molecule has 1 saturated heterocycles. The Bertz CT molecular complexity index is 1600. The lowest BCUT2D eigenvalue weighted by Crippen LogP contribution is -2.38. The lowest BCUT2D eigenvalue weighted by Gasteiger charge is -2.26. The van der Waals surface area contributed by atoms with Crippen LogP contribution in [0.1, 0.15) is 22.4 Å². The van der Waals surface area contributed by atoms with Crippen molar-refractivity contribution in [2.24, 2.45) is 0 Å². The third-order valence-corrected chi connectivity index (χ3v) is 6.64. The minimum atomic E-state index is -4.93. The number of halogens is 9. The third kappa shape index (κ3) is 9.92. The van der Waals surface area contributed by atoms with Gasteiger partial charge in [-0.2, -0.15) is 39.5 Å². The summed E-state index contributed by atoms with van der Waals surface area (Å²) in [5, 5.41) is 4.21. The predicted molar refractivity (Wildman–Crippen MR) is 150 cm³/mol. The first-order valence-electron chi connectivity index (χ1n) is 13.7. The molecule has 1 aliphatic rings. The van der Waals surface area contributed by atoms with Crippen molar-refractivity contribution in [1.82, 2.24) is 9.88 Å². The highest BCUT2D eigenvalue weighted by molar-refractivity contribution is 6.28. The number of aromatic nitrogens is 1. The first kappa shape index (κ1) is 35.2. The standard InChI is InChI=1S/C30H25F9N4O4/c31-28(32,33)19-2-1-3-20(15-19)41-26(44)22(14-18-4-7-25(40-17-18)30(37,38)39)27(45)42-21-5-6-24(23(16-21)29(34,35)36)47-13-10-43-8-11-46-12-9-43/h1-7,14-17H,8-13H2,(H,41,44)(H,42,45). The minimum absolute atomic E-state index is 0.0848. The van der Waals surface area contributed by atoms with E-state index in [2.05, 4.69) is 15.6 Å². The van der Waals surface area contributed by atoms with Gasteiger partial charge in [0.05, 0.1) is 24.3 Å². The maximum atomic E-state index is 13.9. The van der Waals surface area contributed by atoms with Crippen LogP contribution >= 0.6 is 0 Å². The molecule has 2 aromatic carbocycles. The molecule has 17 heteroatoms. The Labute approximate surface area is 261 Å². The lowest BCUT2D eigenvalue weighted by atomic mass is 10.1. The Morgan fingerprint density at radius 1 is 0.830 bits per heavy atom. The monoisotopic (exact) mass is 676 g/mol. The van der Waals surface area contributed by atoms with Gasteiger partial charge in [-0.05, 0) is 54.1 Å². The molecule has 0 bridgehead atoms. The predicted octanol–water partition coefficient (Wildman–Crippen LogP) is 6.51. The van der Waals surface area contributed by atoms with Crippen LogP contribution in [-0.2, 0) is 32.9 Å². The quantitative estimate of drug-likeness (QED) is 0.116. The molecule has 2 N–H and O–H groups in total. The van der Waals surface area contributed by atoms with Gasteiger partial charge in [0.25, 0.3) is 11.8 Å². The van der Waals surface area contributed by atoms with E-state index in [9.17, 15) is 49.1 Å². The average Bonchev–Trinajstić information content (AvgIpc) is 3.00. The van der Waals surface area contributed by atoms with Crippen molar-refractivity contribution in [3.8, 4) is 5.75 Å². The number of pyridine rings is 1. The smallest absolute Gasteiger partial charge is 0.433 e. The highest BCUT2D eigenvalue weighted by atomic mass is 19.4. The second kappa shape index (κ2) is 14.4. The summed E-state index contributed by atoms with van der Waals surface area (Å²) in [6.45, 7) is 2.37. The van der Waals surface area contributed by atoms with Crippen LogP contribution < -0.4 is 15.4 Å². The van der Waals surface area contributed by atoms with E-state index in [4.69, 9.17) is 9.47 Å². The largest absolute Gasteiger partial charge is 0.492 e. The molecule has 4 rings (SSSR count). The van der Waals surface area contributed by atoms with Crippen molar-refractivity contribution < 1.29 is 58.6 Å². The van der Waals surface area contributed by atoms with Gasteiger partial charge in [-0.3, -0.25) is 19.5 Å². The number of carbonyl (C=O) groups excluding carboxylic acids is 2. The Morgan fingerprint density at radius 3 is 2.06 bits per heavy atom. The number of alkyl halides is 9. The first-order valence-corrected chi connectivity index (χ1v) is 13.7. The van der Waals surface area contributed by atoms with Gasteiger partial charge < -0.3 is 20.1 Å². The number of hydrogen-bond donors (Lipinski definition) is 2. The molecular weight excluding hydrogens is 651 g/mol. The molecule has 0 spiro atoms. The van der Waals surface area contributed by atoms with Gasteiger partial charge in [-0.25, -0.2) is 0 Å². The maximum Gasteiger partial charge on any atom is 0.433 e. The van der Waals surface area contributed by atoms with E-state index in [1.807, 2.05) is 4.90 Å². The number of nitrogens with zero attached hydrogens (tertiary/aromatic N) is 2. The molecule has 2 amide bonds. The van der Waals surface area contributed by atoms with Gasteiger partial charge in [0.2, 0.25) is 0 Å². The summed E-state index contributed by atoms with van der Waals surface area (Å²) in [7, 11) is 0. The Balaban J connectivity index is 1.60. The zero-order chi connectivity index (χ0) is 34.4. The third-order valence-electron chi connectivity index (χ3n) is 6.64. The van der Waals surface area contributed by atoms with Crippen molar-refractivity contribution >= 4 is 29.3 Å². The second-order valence-electron chi connectivity index (χ2n) is 10.0. The molecule has 3 aromatic rings. The van der Waals surface area contributed by atoms with Gasteiger partial charge in [0.1, 0.15) is 23.6 Å². The number of morpholine rings is 1. The summed E-state index contributed by atoms with van der Waals surface area (Å²) in [5.74, 6) is -3.18.